The first kappa shape index (κ1) is 12.0. The molecule has 92 valence electrons. The molecular weight excluding hydrogens is 221 g/mol. The Labute approximate surface area is 99.9 Å². The number of carboxylic acids is 1. The molecule has 0 saturated carbocycles. The molecule has 1 saturated heterocycles. The van der Waals surface area contributed by atoms with Gasteiger partial charge in [0, 0.05) is 5.56 Å². The van der Waals surface area contributed by atoms with Crippen molar-refractivity contribution in [2.45, 2.75) is 18.8 Å². The molecule has 2 rings (SSSR count). The van der Waals surface area contributed by atoms with Gasteiger partial charge >= 0.3 is 5.97 Å². The second-order valence-electron chi connectivity index (χ2n) is 4.58. The molecule has 0 amide bonds. The number of benzene rings is 1. The summed E-state index contributed by atoms with van der Waals surface area (Å²) in [7, 11) is 2.02. The van der Waals surface area contributed by atoms with Crippen molar-refractivity contribution in [1.29, 1.82) is 0 Å². The Morgan fingerprint density at radius 2 is 2.06 bits per heavy atom. The van der Waals surface area contributed by atoms with Crippen LogP contribution < -0.4 is 0 Å². The Hall–Kier alpha value is -1.42. The number of aromatic carboxylic acids is 1. The standard InChI is InChI=1S/C13H16FNO2/c1-15-7-5-9(6-8-15)12-10(13(16)17)3-2-4-11(12)14/h2-4,9H,5-8H2,1H3,(H,16,17). The molecule has 1 N–H and O–H groups in total. The second-order valence-corrected chi connectivity index (χ2v) is 4.58. The number of nitrogens with zero attached hydrogens (tertiary/aromatic N) is 1. The summed E-state index contributed by atoms with van der Waals surface area (Å²) in [6, 6.07) is 4.29. The van der Waals surface area contributed by atoms with E-state index < -0.39 is 5.97 Å². The summed E-state index contributed by atoms with van der Waals surface area (Å²) in [6.45, 7) is 1.77. The van der Waals surface area contributed by atoms with Gasteiger partial charge in [-0.05, 0) is 51.0 Å². The predicted molar refractivity (Wildman–Crippen MR) is 62.8 cm³/mol. The fourth-order valence-electron chi connectivity index (χ4n) is 2.44. The molecule has 0 aromatic heterocycles. The van der Waals surface area contributed by atoms with Crippen molar-refractivity contribution in [3.8, 4) is 0 Å². The molecule has 17 heavy (non-hydrogen) atoms. The molecule has 0 unspecified atom stereocenters. The summed E-state index contributed by atoms with van der Waals surface area (Å²) in [5.74, 6) is -1.41. The van der Waals surface area contributed by atoms with E-state index in [1.54, 1.807) is 0 Å². The minimum Gasteiger partial charge on any atom is -0.478 e. The number of likely N-dealkylation sites (tertiary alicyclic amines) is 1. The van der Waals surface area contributed by atoms with Crippen molar-refractivity contribution < 1.29 is 14.3 Å². The lowest BCUT2D eigenvalue weighted by Gasteiger charge is -2.30. The van der Waals surface area contributed by atoms with Gasteiger partial charge in [0.05, 0.1) is 5.56 Å². The molecule has 1 aliphatic rings. The Morgan fingerprint density at radius 3 is 2.65 bits per heavy atom. The molecule has 0 aliphatic carbocycles. The zero-order chi connectivity index (χ0) is 12.4. The molecule has 1 aromatic carbocycles. The summed E-state index contributed by atoms with van der Waals surface area (Å²) < 4.78 is 13.8. The maximum absolute atomic E-state index is 13.8. The zero-order valence-electron chi connectivity index (χ0n) is 9.82. The summed E-state index contributed by atoms with van der Waals surface area (Å²) in [5, 5.41) is 9.10. The van der Waals surface area contributed by atoms with Crippen LogP contribution in [0.25, 0.3) is 0 Å². The van der Waals surface area contributed by atoms with Gasteiger partial charge in [-0.3, -0.25) is 0 Å². The van der Waals surface area contributed by atoms with Crippen LogP contribution in [0.2, 0.25) is 0 Å². The van der Waals surface area contributed by atoms with Crippen LogP contribution in [0.5, 0.6) is 0 Å². The molecule has 0 spiro atoms. The van der Waals surface area contributed by atoms with Crippen molar-refractivity contribution in [2.75, 3.05) is 20.1 Å². The molecule has 4 heteroatoms. The Morgan fingerprint density at radius 1 is 1.41 bits per heavy atom. The molecule has 0 atom stereocenters. The fraction of sp³-hybridized carbons (Fsp3) is 0.462. The number of hydrogen-bond acceptors (Lipinski definition) is 2. The van der Waals surface area contributed by atoms with Crippen LogP contribution in [0, 0.1) is 5.82 Å². The molecule has 0 bridgehead atoms. The third-order valence-electron chi connectivity index (χ3n) is 3.41. The number of piperidine rings is 1. The SMILES string of the molecule is CN1CCC(c2c(F)cccc2C(=O)O)CC1. The number of hydrogen-bond donors (Lipinski definition) is 1. The van der Waals surface area contributed by atoms with Crippen LogP contribution in [0.15, 0.2) is 18.2 Å². The Bertz CT molecular complexity index is 425. The second kappa shape index (κ2) is 4.84. The maximum Gasteiger partial charge on any atom is 0.336 e. The van der Waals surface area contributed by atoms with E-state index in [1.165, 1.54) is 18.2 Å². The van der Waals surface area contributed by atoms with Crippen LogP contribution in [-0.4, -0.2) is 36.1 Å². The highest BCUT2D eigenvalue weighted by molar-refractivity contribution is 5.89. The summed E-state index contributed by atoms with van der Waals surface area (Å²) in [6.07, 6.45) is 1.63. The molecule has 1 fully saturated rings. The average molecular weight is 237 g/mol. The van der Waals surface area contributed by atoms with E-state index in [2.05, 4.69) is 4.90 Å². The van der Waals surface area contributed by atoms with Crippen LogP contribution >= 0.6 is 0 Å². The van der Waals surface area contributed by atoms with Gasteiger partial charge < -0.3 is 10.0 Å². The quantitative estimate of drug-likeness (QED) is 0.858. The Balaban J connectivity index is 2.33. The van der Waals surface area contributed by atoms with Crippen LogP contribution in [0.3, 0.4) is 0 Å². The van der Waals surface area contributed by atoms with Crippen molar-refractivity contribution in [3.63, 3.8) is 0 Å². The lowest BCUT2D eigenvalue weighted by Crippen LogP contribution is -2.30. The van der Waals surface area contributed by atoms with Gasteiger partial charge in [-0.1, -0.05) is 6.07 Å². The summed E-state index contributed by atoms with van der Waals surface area (Å²) in [5.41, 5.74) is 0.493. The fourth-order valence-corrected chi connectivity index (χ4v) is 2.44. The van der Waals surface area contributed by atoms with Crippen LogP contribution in [0.1, 0.15) is 34.7 Å². The minimum absolute atomic E-state index is 0.0264. The molecule has 1 heterocycles. The van der Waals surface area contributed by atoms with Gasteiger partial charge in [-0.2, -0.15) is 0 Å². The van der Waals surface area contributed by atoms with E-state index in [0.29, 0.717) is 5.56 Å². The predicted octanol–water partition coefficient (Wildman–Crippen LogP) is 2.33. The van der Waals surface area contributed by atoms with Gasteiger partial charge in [0.2, 0.25) is 0 Å². The number of rotatable bonds is 2. The molecule has 0 radical (unpaired) electrons. The summed E-state index contributed by atoms with van der Waals surface area (Å²) in [4.78, 5) is 13.3. The third kappa shape index (κ3) is 2.47. The van der Waals surface area contributed by atoms with Crippen molar-refractivity contribution in [2.24, 2.45) is 0 Å². The Kier molecular flexibility index (Phi) is 3.43. The molecule has 1 aliphatic heterocycles. The van der Waals surface area contributed by atoms with Gasteiger partial charge in [0.1, 0.15) is 5.82 Å². The van der Waals surface area contributed by atoms with E-state index in [1.807, 2.05) is 7.05 Å². The van der Waals surface area contributed by atoms with E-state index in [0.717, 1.165) is 25.9 Å². The lowest BCUT2D eigenvalue weighted by molar-refractivity contribution is 0.0693. The highest BCUT2D eigenvalue weighted by Gasteiger charge is 2.25. The highest BCUT2D eigenvalue weighted by atomic mass is 19.1. The summed E-state index contributed by atoms with van der Waals surface area (Å²) >= 11 is 0. The lowest BCUT2D eigenvalue weighted by atomic mass is 9.86. The average Bonchev–Trinajstić information content (AvgIpc) is 2.30. The zero-order valence-corrected chi connectivity index (χ0v) is 9.82. The monoisotopic (exact) mass is 237 g/mol. The number of halogens is 1. The van der Waals surface area contributed by atoms with E-state index in [9.17, 15) is 9.18 Å². The van der Waals surface area contributed by atoms with Crippen LogP contribution in [-0.2, 0) is 0 Å². The van der Waals surface area contributed by atoms with E-state index in [4.69, 9.17) is 5.11 Å². The van der Waals surface area contributed by atoms with Crippen molar-refractivity contribution in [3.05, 3.63) is 35.1 Å². The first-order valence-electron chi connectivity index (χ1n) is 5.80. The first-order valence-corrected chi connectivity index (χ1v) is 5.80. The van der Waals surface area contributed by atoms with Gasteiger partial charge in [0.15, 0.2) is 0 Å². The maximum atomic E-state index is 13.8. The van der Waals surface area contributed by atoms with E-state index in [-0.39, 0.29) is 17.3 Å². The van der Waals surface area contributed by atoms with Gasteiger partial charge in [-0.25, -0.2) is 9.18 Å². The normalized spacial score (nSPS) is 18.2. The van der Waals surface area contributed by atoms with Crippen LogP contribution in [0.4, 0.5) is 4.39 Å². The topological polar surface area (TPSA) is 40.5 Å². The number of carbonyl (C=O) groups is 1. The van der Waals surface area contributed by atoms with Crippen molar-refractivity contribution >= 4 is 5.97 Å². The third-order valence-corrected chi connectivity index (χ3v) is 3.41. The smallest absolute Gasteiger partial charge is 0.336 e. The largest absolute Gasteiger partial charge is 0.478 e. The van der Waals surface area contributed by atoms with Gasteiger partial charge in [-0.15, -0.1) is 0 Å². The first-order chi connectivity index (χ1) is 8.09. The van der Waals surface area contributed by atoms with E-state index >= 15 is 0 Å². The number of carboxylic acid groups (broad SMARTS) is 1. The van der Waals surface area contributed by atoms with Crippen molar-refractivity contribution in [1.82, 2.24) is 4.90 Å². The molecular formula is C13H16FNO2. The molecule has 3 nitrogen and oxygen atoms in total. The molecule has 1 aromatic rings. The minimum atomic E-state index is -1.04. The van der Waals surface area contributed by atoms with Gasteiger partial charge in [0.25, 0.3) is 0 Å². The highest BCUT2D eigenvalue weighted by Crippen LogP contribution is 2.31.